The number of thioether (sulfide) groups is 1. The molecule has 4 aromatic carbocycles. The van der Waals surface area contributed by atoms with Crippen LogP contribution in [-0.4, -0.2) is 181 Å². The number of Topliss-reactive ketones (excluding diaryl/α,β-unsaturated/α-hetero) is 2. The van der Waals surface area contributed by atoms with Crippen LogP contribution in [0.2, 0.25) is 0 Å². The molecule has 28 heteroatoms. The number of rotatable bonds is 47. The highest BCUT2D eigenvalue weighted by Crippen LogP contribution is 2.44. The zero-order valence-corrected chi connectivity index (χ0v) is 70.4. The number of carbonyl (C=O) groups is 8. The van der Waals surface area contributed by atoms with Gasteiger partial charge in [0.25, 0.3) is 0 Å². The molecule has 1 aliphatic heterocycles. The predicted molar refractivity (Wildman–Crippen MR) is 446 cm³/mol. The van der Waals surface area contributed by atoms with Crippen molar-refractivity contribution >= 4 is 68.6 Å². The average molecular weight is 1640 g/mol. The smallest absolute Gasteiger partial charge is 0.248 e. The lowest BCUT2D eigenvalue weighted by Crippen LogP contribution is -2.48. The molecule has 1 fully saturated rings. The fourth-order valence-corrected chi connectivity index (χ4v) is 16.4. The van der Waals surface area contributed by atoms with Crippen LogP contribution in [0.4, 0.5) is 17.6 Å². The van der Waals surface area contributed by atoms with Crippen molar-refractivity contribution in [2.75, 3.05) is 89.0 Å². The number of nitrogens with two attached hydrogens (primary N) is 1. The third-order valence-corrected chi connectivity index (χ3v) is 22.9. The van der Waals surface area contributed by atoms with Gasteiger partial charge in [0.2, 0.25) is 35.4 Å². The molecule has 1 unspecified atom stereocenters. The van der Waals surface area contributed by atoms with E-state index < -0.39 is 98.2 Å². The van der Waals surface area contributed by atoms with E-state index in [0.717, 1.165) is 112 Å². The molecule has 1 aliphatic rings. The minimum Gasteiger partial charge on any atom is -0.387 e. The Kier molecular flexibility index (Phi) is 39.5. The first kappa shape index (κ1) is 95.3. The molecule has 6 atom stereocenters. The largest absolute Gasteiger partial charge is 0.387 e. The van der Waals surface area contributed by atoms with E-state index in [-0.39, 0.29) is 103 Å². The Hall–Kier alpha value is -8.54. The van der Waals surface area contributed by atoms with E-state index >= 15 is 8.78 Å². The van der Waals surface area contributed by atoms with Gasteiger partial charge in [-0.1, -0.05) is 141 Å². The monoisotopic (exact) mass is 1640 g/mol. The number of unbranched alkanes of at least 4 members (excludes halogenated alkanes) is 4. The number of amides is 6. The lowest BCUT2D eigenvalue weighted by atomic mass is 9.82. The maximum Gasteiger partial charge on any atom is 0.248 e. The molecule has 22 nitrogen and oxygen atoms in total. The second-order valence-electron chi connectivity index (χ2n) is 32.1. The fraction of sp³-hybridized carbons (Fsp3) is 0.540. The Balaban J connectivity index is 0.000000358. The number of carbonyl (C=O) groups excluding carboxylic acids is 8. The van der Waals surface area contributed by atoms with E-state index in [9.17, 15) is 60.7 Å². The Morgan fingerprint density at radius 2 is 1.19 bits per heavy atom. The number of aliphatic hydroxyl groups excluding tert-OH is 1. The van der Waals surface area contributed by atoms with Crippen molar-refractivity contribution in [2.45, 2.75) is 189 Å². The van der Waals surface area contributed by atoms with E-state index in [0.29, 0.717) is 74.4 Å². The van der Waals surface area contributed by atoms with E-state index in [2.05, 4.69) is 64.2 Å². The summed E-state index contributed by atoms with van der Waals surface area (Å²) in [5.74, 6) is -4.64. The second-order valence-corrected chi connectivity index (χ2v) is 35.5. The number of aliphatic hydroxyl groups is 1. The summed E-state index contributed by atoms with van der Waals surface area (Å²) < 4.78 is 88.4. The number of nitrogens with one attached hydrogen (secondary N) is 6. The summed E-state index contributed by atoms with van der Waals surface area (Å²) in [5.41, 5.74) is 9.64. The van der Waals surface area contributed by atoms with E-state index in [1.807, 2.05) is 110 Å². The van der Waals surface area contributed by atoms with Gasteiger partial charge in [-0.05, 0) is 149 Å². The van der Waals surface area contributed by atoms with Crippen LogP contribution in [0, 0.1) is 45.9 Å². The number of hydrogen-bond acceptors (Lipinski definition) is 15. The maximum absolute atomic E-state index is 15.2. The molecule has 2 aromatic heterocycles. The highest BCUT2D eigenvalue weighted by atomic mass is 32.2. The summed E-state index contributed by atoms with van der Waals surface area (Å²) in [6, 6.07) is 26.6. The Labute approximate surface area is 681 Å². The van der Waals surface area contributed by atoms with Crippen LogP contribution >= 0.6 is 11.8 Å². The van der Waals surface area contributed by atoms with Crippen molar-refractivity contribution in [3.05, 3.63) is 167 Å². The first-order chi connectivity index (χ1) is 54.6. The van der Waals surface area contributed by atoms with Crippen LogP contribution in [0.5, 0.6) is 0 Å². The van der Waals surface area contributed by atoms with Crippen molar-refractivity contribution in [3.8, 4) is 22.3 Å². The number of ketones is 2. The SMILES string of the molecule is CCCCCC[C@H](NC(C)=O)C(=O)NCCS(=O)(=O)CCNC(=O)[C@@H](N)CCN(C(=O)CO)[C@@H](c1cc(-c2cc(F)ccc2F)cn1Cc1ccccc1)C(C)(C)C.CNCCCC[C@H](CC(C)=O)C(=O)CCCNC(=O)CCSCC(=O)N(CC1CCNC1)[C@@H](c1cc(-c2cc(F)ccc2F)cn1Cc1ccccc1)C(C)(C)C. The zero-order chi connectivity index (χ0) is 84.4. The quantitative estimate of drug-likeness (QED) is 0.0130. The topological polar surface area (TPSA) is 305 Å². The maximum atomic E-state index is 15.2. The fourth-order valence-electron chi connectivity index (χ4n) is 14.5. The molecule has 6 aromatic rings. The molecule has 0 bridgehead atoms. The Morgan fingerprint density at radius 3 is 1.70 bits per heavy atom. The molecule has 3 heterocycles. The van der Waals surface area contributed by atoms with E-state index in [1.54, 1.807) is 12.3 Å². The molecule has 9 N–H and O–H groups in total. The minimum absolute atomic E-state index is 0.0169. The van der Waals surface area contributed by atoms with Crippen molar-refractivity contribution in [1.29, 1.82) is 0 Å². The van der Waals surface area contributed by atoms with Gasteiger partial charge in [0.15, 0.2) is 9.84 Å². The number of halogens is 4. The summed E-state index contributed by atoms with van der Waals surface area (Å²) in [5, 5.41) is 27.3. The van der Waals surface area contributed by atoms with Gasteiger partial charge >= 0.3 is 0 Å². The average Bonchev–Trinajstić information content (AvgIpc) is 1.65. The molecule has 1 saturated heterocycles. The number of benzene rings is 4. The number of hydrogen-bond donors (Lipinski definition) is 8. The number of nitrogens with zero attached hydrogens (tertiary/aromatic N) is 4. The van der Waals surface area contributed by atoms with Gasteiger partial charge in [0, 0.05) is 130 Å². The van der Waals surface area contributed by atoms with Gasteiger partial charge in [-0.3, -0.25) is 33.6 Å². The first-order valence-corrected chi connectivity index (χ1v) is 43.2. The lowest BCUT2D eigenvalue weighted by molar-refractivity contribution is -0.140. The first-order valence-electron chi connectivity index (χ1n) is 40.2. The highest BCUT2D eigenvalue weighted by molar-refractivity contribution is 7.99. The summed E-state index contributed by atoms with van der Waals surface area (Å²) >= 11 is 1.42. The number of aromatic nitrogens is 2. The number of sulfone groups is 1. The van der Waals surface area contributed by atoms with Gasteiger partial charge in [-0.15, -0.1) is 0 Å². The molecular formula is C87H123F4N11O11S2. The molecule has 115 heavy (non-hydrogen) atoms. The summed E-state index contributed by atoms with van der Waals surface area (Å²) in [4.78, 5) is 106. The predicted octanol–water partition coefficient (Wildman–Crippen LogP) is 11.8. The van der Waals surface area contributed by atoms with Crippen molar-refractivity contribution in [2.24, 2.45) is 28.4 Å². The van der Waals surface area contributed by atoms with Gasteiger partial charge in [0.1, 0.15) is 47.5 Å². The van der Waals surface area contributed by atoms with Crippen molar-refractivity contribution < 1.29 is 69.4 Å². The second kappa shape index (κ2) is 47.6. The van der Waals surface area contributed by atoms with Gasteiger partial charge < -0.3 is 66.5 Å². The minimum atomic E-state index is -3.71. The van der Waals surface area contributed by atoms with Crippen LogP contribution in [0.25, 0.3) is 22.3 Å². The van der Waals surface area contributed by atoms with Gasteiger partial charge in [-0.2, -0.15) is 11.8 Å². The normalized spacial score (nSPS) is 14.3. The van der Waals surface area contributed by atoms with Crippen molar-refractivity contribution in [1.82, 2.24) is 50.8 Å². The highest BCUT2D eigenvalue weighted by Gasteiger charge is 2.40. The van der Waals surface area contributed by atoms with Crippen molar-refractivity contribution in [3.63, 3.8) is 0 Å². The van der Waals surface area contributed by atoms with E-state index in [1.165, 1.54) is 36.6 Å². The molecule has 0 spiro atoms. The molecule has 7 rings (SSSR count). The van der Waals surface area contributed by atoms with Crippen LogP contribution in [0.15, 0.2) is 122 Å². The third kappa shape index (κ3) is 32.1. The zero-order valence-electron chi connectivity index (χ0n) is 68.7. The molecule has 0 aliphatic carbocycles. The Bertz CT molecular complexity index is 4220. The Morgan fingerprint density at radius 1 is 0.643 bits per heavy atom. The van der Waals surface area contributed by atoms with Crippen LogP contribution in [0.1, 0.15) is 187 Å². The standard InChI is InChI=1S/C45H63F2N5O4S.C42H60F2N6O7S/c1-32(53)24-35(14-9-10-20-48-5)41(54)15-11-21-50-42(55)19-23-57-31-43(56)52(29-34-18-22-49-27-34)44(45(2,3)4)40-25-36(38-26-37(46)16-17-39(38)47)30-51(40)28-33-12-7-6-8-13-33;1-6-7-8-12-15-36(48-29(2)52)41(55)47-20-23-58(56,57)22-19-46-40(54)35(45)18-21-50(38(53)28-51)39(42(3,4)5)37-24-31(33-25-32(43)16-17-34(33)44)27-49(37)26-30-13-10-9-11-14-30/h6-8,12-13,16-17,25-26,30,34-35,44,48-49H,9-11,14-15,18-24,27-29,31H2,1-5H3,(H,50,55);9-11,13-14,16-17,24-25,27,35-36,39,51H,6-8,12,15,18-23,26,28,45H2,1-5H3,(H,46,54)(H,47,55)(H,48,52)/t34?,35-,44+;35-,36-,39-/m10/s1. The van der Waals surface area contributed by atoms with Gasteiger partial charge in [0.05, 0.1) is 35.4 Å². The molecular weight excluding hydrogens is 1520 g/mol. The third-order valence-electron chi connectivity index (χ3n) is 20.3. The summed E-state index contributed by atoms with van der Waals surface area (Å²) in [6.07, 6.45) is 12.4. The molecule has 0 radical (unpaired) electrons. The van der Waals surface area contributed by atoms with Gasteiger partial charge in [-0.25, -0.2) is 26.0 Å². The summed E-state index contributed by atoms with van der Waals surface area (Å²) in [6.45, 7) is 19.9. The van der Waals surface area contributed by atoms with Crippen LogP contribution in [0.3, 0.4) is 0 Å². The molecule has 6 amide bonds. The van der Waals surface area contributed by atoms with Crippen LogP contribution < -0.4 is 37.6 Å². The van der Waals surface area contributed by atoms with E-state index in [4.69, 9.17) is 5.73 Å². The lowest BCUT2D eigenvalue weighted by Gasteiger charge is -2.42. The van der Waals surface area contributed by atoms with Crippen LogP contribution in [-0.2, 0) is 61.3 Å². The summed E-state index contributed by atoms with van der Waals surface area (Å²) in [7, 11) is -1.81. The molecule has 632 valence electrons. The molecule has 0 saturated carbocycles.